The number of nitrogens with two attached hydrogens (primary N) is 1. The lowest BCUT2D eigenvalue weighted by Gasteiger charge is -2.06. The maximum Gasteiger partial charge on any atom is 0.289 e. The van der Waals surface area contributed by atoms with Gasteiger partial charge in [0.15, 0.2) is 0 Å². The van der Waals surface area contributed by atoms with Crippen LogP contribution in [0.3, 0.4) is 0 Å². The fraction of sp³-hybridized carbons (Fsp3) is 0.125. The van der Waals surface area contributed by atoms with Crippen LogP contribution in [-0.2, 0) is 12.8 Å². The molecule has 6 nitrogen and oxygen atoms in total. The van der Waals surface area contributed by atoms with Gasteiger partial charge in [-0.2, -0.15) is 10.2 Å². The van der Waals surface area contributed by atoms with Crippen molar-refractivity contribution >= 4 is 28.1 Å². The van der Waals surface area contributed by atoms with Gasteiger partial charge in [-0.05, 0) is 65.4 Å². The number of rotatable bonds is 4. The Balaban J connectivity index is 1.40. The third-order valence-electron chi connectivity index (χ3n) is 5.63. The predicted molar refractivity (Wildman–Crippen MR) is 119 cm³/mol. The van der Waals surface area contributed by atoms with Crippen molar-refractivity contribution in [2.24, 2.45) is 5.10 Å². The van der Waals surface area contributed by atoms with Crippen molar-refractivity contribution in [1.29, 1.82) is 0 Å². The van der Waals surface area contributed by atoms with Crippen LogP contribution >= 0.6 is 0 Å². The zero-order valence-corrected chi connectivity index (χ0v) is 16.6. The molecule has 5 rings (SSSR count). The monoisotopic (exact) mass is 395 g/mol. The van der Waals surface area contributed by atoms with E-state index >= 15 is 0 Å². The van der Waals surface area contributed by atoms with E-state index in [-0.39, 0.29) is 5.91 Å². The van der Waals surface area contributed by atoms with Crippen LogP contribution < -0.4 is 11.2 Å². The number of hydrazone groups is 1. The van der Waals surface area contributed by atoms with E-state index in [1.165, 1.54) is 21.9 Å². The second-order valence-electron chi connectivity index (χ2n) is 7.54. The smallest absolute Gasteiger partial charge is 0.289 e. The number of H-pyrrole nitrogens is 1. The quantitative estimate of drug-likeness (QED) is 0.276. The molecule has 0 bridgehead atoms. The van der Waals surface area contributed by atoms with Crippen molar-refractivity contribution in [2.75, 3.05) is 5.73 Å². The third kappa shape index (κ3) is 3.12. The van der Waals surface area contributed by atoms with Gasteiger partial charge in [0.1, 0.15) is 5.69 Å². The molecular weight excluding hydrogens is 374 g/mol. The molecule has 3 aromatic carbocycles. The highest BCUT2D eigenvalue weighted by molar-refractivity contribution is 6.03. The van der Waals surface area contributed by atoms with Gasteiger partial charge in [0, 0.05) is 11.3 Å². The molecule has 1 amide bonds. The molecule has 4 aromatic rings. The van der Waals surface area contributed by atoms with Gasteiger partial charge >= 0.3 is 0 Å². The fourth-order valence-corrected chi connectivity index (χ4v) is 4.03. The van der Waals surface area contributed by atoms with Crippen molar-refractivity contribution in [3.63, 3.8) is 0 Å². The molecule has 1 aliphatic rings. The molecule has 0 spiro atoms. The van der Waals surface area contributed by atoms with Crippen LogP contribution in [-0.4, -0.2) is 21.8 Å². The first-order chi connectivity index (χ1) is 14.6. The minimum atomic E-state index is -0.338. The Morgan fingerprint density at radius 1 is 1.07 bits per heavy atom. The van der Waals surface area contributed by atoms with Crippen molar-refractivity contribution in [1.82, 2.24) is 15.6 Å². The molecule has 4 N–H and O–H groups in total. The van der Waals surface area contributed by atoms with Gasteiger partial charge in [-0.15, -0.1) is 0 Å². The summed E-state index contributed by atoms with van der Waals surface area (Å²) in [5.74, 6) is -0.338. The Hall–Kier alpha value is -3.93. The average molecular weight is 395 g/mol. The van der Waals surface area contributed by atoms with Gasteiger partial charge in [-0.3, -0.25) is 9.89 Å². The summed E-state index contributed by atoms with van der Waals surface area (Å²) in [6.45, 7) is 1.83. The molecule has 1 aromatic heterocycles. The van der Waals surface area contributed by atoms with Crippen LogP contribution in [0.5, 0.6) is 0 Å². The Bertz CT molecular complexity index is 1290. The molecule has 6 heteroatoms. The number of anilines is 1. The summed E-state index contributed by atoms with van der Waals surface area (Å²) < 4.78 is 0. The molecule has 0 atom stereocenters. The van der Waals surface area contributed by atoms with Crippen molar-refractivity contribution in [2.45, 2.75) is 19.8 Å². The first-order valence-corrected chi connectivity index (χ1v) is 9.90. The number of nitrogens with zero attached hydrogens (tertiary/aromatic N) is 2. The number of hydrogen-bond donors (Lipinski definition) is 3. The van der Waals surface area contributed by atoms with Gasteiger partial charge in [-0.1, -0.05) is 42.5 Å². The summed E-state index contributed by atoms with van der Waals surface area (Å²) in [5.41, 5.74) is 15.5. The minimum absolute atomic E-state index is 0.338. The number of hydrogen-bond acceptors (Lipinski definition) is 4. The lowest BCUT2D eigenvalue weighted by atomic mass is 9.98. The fourth-order valence-electron chi connectivity index (χ4n) is 4.03. The van der Waals surface area contributed by atoms with E-state index in [1.807, 2.05) is 19.1 Å². The summed E-state index contributed by atoms with van der Waals surface area (Å²) in [7, 11) is 0. The van der Waals surface area contributed by atoms with E-state index in [9.17, 15) is 4.79 Å². The van der Waals surface area contributed by atoms with E-state index < -0.39 is 0 Å². The van der Waals surface area contributed by atoms with Crippen molar-refractivity contribution in [3.8, 4) is 11.3 Å². The Kier molecular flexibility index (Phi) is 4.32. The van der Waals surface area contributed by atoms with Crippen LogP contribution in [0.1, 0.15) is 34.1 Å². The highest BCUT2D eigenvalue weighted by Crippen LogP contribution is 2.36. The zero-order valence-electron chi connectivity index (χ0n) is 16.6. The van der Waals surface area contributed by atoms with Crippen molar-refractivity contribution < 1.29 is 4.79 Å². The largest absolute Gasteiger partial charge is 0.399 e. The van der Waals surface area contributed by atoms with Gasteiger partial charge in [0.25, 0.3) is 5.91 Å². The molecule has 0 saturated heterocycles. The first-order valence-electron chi connectivity index (χ1n) is 9.90. The lowest BCUT2D eigenvalue weighted by Crippen LogP contribution is -2.19. The maximum atomic E-state index is 12.6. The summed E-state index contributed by atoms with van der Waals surface area (Å²) in [6.07, 6.45) is 2.16. The number of carbonyl (C=O) groups is 1. The molecular formula is C24H21N5O. The number of aromatic amines is 1. The van der Waals surface area contributed by atoms with E-state index in [4.69, 9.17) is 5.73 Å². The number of carbonyl (C=O) groups excluding carboxylic acids is 1. The number of nitrogen functional groups attached to an aromatic ring is 1. The van der Waals surface area contributed by atoms with Crippen LogP contribution in [0.4, 0.5) is 5.69 Å². The summed E-state index contributed by atoms with van der Waals surface area (Å²) >= 11 is 0. The average Bonchev–Trinajstić information content (AvgIpc) is 3.42. The number of aryl methyl sites for hydroxylation is 2. The summed E-state index contributed by atoms with van der Waals surface area (Å²) in [6, 6.07) is 19.8. The molecule has 30 heavy (non-hydrogen) atoms. The first kappa shape index (κ1) is 18.1. The van der Waals surface area contributed by atoms with Gasteiger partial charge in [0.05, 0.1) is 11.4 Å². The third-order valence-corrected chi connectivity index (χ3v) is 5.63. The van der Waals surface area contributed by atoms with E-state index in [0.29, 0.717) is 17.1 Å². The lowest BCUT2D eigenvalue weighted by molar-refractivity contribution is 0.0950. The molecule has 0 aliphatic heterocycles. The zero-order chi connectivity index (χ0) is 20.7. The number of aromatic nitrogens is 2. The highest BCUT2D eigenvalue weighted by Gasteiger charge is 2.18. The van der Waals surface area contributed by atoms with Crippen molar-refractivity contribution in [3.05, 3.63) is 83.0 Å². The number of nitrogens with one attached hydrogen (secondary N) is 2. The SMILES string of the molecule is CC(=NNC(=O)c1cc(-c2ccc3c4c(cccc24)CC3)n[nH]1)c1ccc(N)cc1. The highest BCUT2D eigenvalue weighted by atomic mass is 16.2. The minimum Gasteiger partial charge on any atom is -0.399 e. The molecule has 0 unspecified atom stereocenters. The van der Waals surface area contributed by atoms with Gasteiger partial charge in [0.2, 0.25) is 0 Å². The summed E-state index contributed by atoms with van der Waals surface area (Å²) in [5, 5.41) is 13.9. The Morgan fingerprint density at radius 3 is 2.63 bits per heavy atom. The maximum absolute atomic E-state index is 12.6. The number of benzene rings is 3. The van der Waals surface area contributed by atoms with E-state index in [1.54, 1.807) is 18.2 Å². The van der Waals surface area contributed by atoms with Crippen LogP contribution in [0.25, 0.3) is 22.0 Å². The predicted octanol–water partition coefficient (Wildman–Crippen LogP) is 4.06. The molecule has 0 fully saturated rings. The second kappa shape index (κ2) is 7.15. The molecule has 1 heterocycles. The van der Waals surface area contributed by atoms with Gasteiger partial charge in [-0.25, -0.2) is 5.43 Å². The standard InChI is InChI=1S/C24H21N5O/c1-14(15-7-10-18(25)11-8-15)26-29-24(30)22-13-21(27-28-22)19-12-9-17-6-5-16-3-2-4-20(19)23(16)17/h2-4,7-13H,5-6,25H2,1H3,(H,27,28)(H,29,30). The van der Waals surface area contributed by atoms with Crippen LogP contribution in [0.15, 0.2) is 65.8 Å². The topological polar surface area (TPSA) is 96.2 Å². The Labute approximate surface area is 173 Å². The second-order valence-corrected chi connectivity index (χ2v) is 7.54. The van der Waals surface area contributed by atoms with E-state index in [2.05, 4.69) is 51.1 Å². The normalized spacial score (nSPS) is 13.0. The molecule has 1 aliphatic carbocycles. The molecule has 0 saturated carbocycles. The van der Waals surface area contributed by atoms with Crippen LogP contribution in [0.2, 0.25) is 0 Å². The molecule has 0 radical (unpaired) electrons. The number of amides is 1. The van der Waals surface area contributed by atoms with Crippen LogP contribution in [0, 0.1) is 0 Å². The Morgan fingerprint density at radius 2 is 1.83 bits per heavy atom. The van der Waals surface area contributed by atoms with Gasteiger partial charge < -0.3 is 5.73 Å². The summed E-state index contributed by atoms with van der Waals surface area (Å²) in [4.78, 5) is 12.6. The van der Waals surface area contributed by atoms with E-state index in [0.717, 1.165) is 29.7 Å². The molecule has 148 valence electrons.